The number of hydrogen-bond acceptors (Lipinski definition) is 8. The van der Waals surface area contributed by atoms with E-state index in [0.29, 0.717) is 10.7 Å². The van der Waals surface area contributed by atoms with Gasteiger partial charge >= 0.3 is 0 Å². The van der Waals surface area contributed by atoms with E-state index in [-0.39, 0.29) is 16.9 Å². The molecule has 0 bridgehead atoms. The molecule has 0 aliphatic carbocycles. The van der Waals surface area contributed by atoms with Crippen molar-refractivity contribution in [3.63, 3.8) is 0 Å². The van der Waals surface area contributed by atoms with Gasteiger partial charge in [0.2, 0.25) is 5.96 Å². The van der Waals surface area contributed by atoms with Crippen LogP contribution in [-0.4, -0.2) is 24.8 Å². The van der Waals surface area contributed by atoms with E-state index in [2.05, 4.69) is 15.0 Å². The molecule has 0 aromatic heterocycles. The number of guanidine groups is 1. The van der Waals surface area contributed by atoms with Gasteiger partial charge in [-0.3, -0.25) is 10.4 Å². The van der Waals surface area contributed by atoms with Crippen molar-refractivity contribution in [2.24, 2.45) is 4.40 Å². The first-order valence-corrected chi connectivity index (χ1v) is 8.26. The van der Waals surface area contributed by atoms with Crippen molar-refractivity contribution >= 4 is 44.6 Å². The Bertz CT molecular complexity index is 945. The number of rotatable bonds is 2. The van der Waals surface area contributed by atoms with Gasteiger partial charge in [-0.25, -0.2) is 0 Å². The van der Waals surface area contributed by atoms with Crippen molar-refractivity contribution in [3.05, 3.63) is 41.4 Å². The van der Waals surface area contributed by atoms with Gasteiger partial charge in [0.1, 0.15) is 4.90 Å². The van der Waals surface area contributed by atoms with Crippen LogP contribution in [0.1, 0.15) is 0 Å². The quantitative estimate of drug-likeness (QED) is 0.585. The van der Waals surface area contributed by atoms with Gasteiger partial charge in [0, 0.05) is 0 Å². The SMILES string of the molecule is O=S1(=O)N=C(Nc2ccccc2Cl)Nc2c([O-])cc(N(O)O)cc21. The third-order valence-electron chi connectivity index (χ3n) is 3.14. The standard InChI is InChI=1S/C13H11ClN4O5S/c14-8-3-1-2-4-9(8)15-13-16-12-10(19)5-7(18(20)21)6-11(12)24(22,23)17-13/h1-6,19-21H,(H2,15,16,17)/p-1. The lowest BCUT2D eigenvalue weighted by Crippen LogP contribution is -2.29. The molecule has 0 fully saturated rings. The van der Waals surface area contributed by atoms with Crippen LogP contribution in [0.2, 0.25) is 5.02 Å². The molecule has 4 N–H and O–H groups in total. The normalized spacial score (nSPS) is 15.0. The lowest BCUT2D eigenvalue weighted by Gasteiger charge is -2.25. The number of fused-ring (bicyclic) bond motifs is 1. The summed E-state index contributed by atoms with van der Waals surface area (Å²) in [6, 6.07) is 8.35. The zero-order chi connectivity index (χ0) is 17.5. The molecule has 1 aliphatic rings. The maximum atomic E-state index is 12.3. The highest BCUT2D eigenvalue weighted by atomic mass is 35.5. The number of benzene rings is 2. The van der Waals surface area contributed by atoms with Gasteiger partial charge in [-0.2, -0.15) is 8.42 Å². The van der Waals surface area contributed by atoms with Crippen molar-refractivity contribution in [3.8, 4) is 5.75 Å². The van der Waals surface area contributed by atoms with Gasteiger partial charge in [0.25, 0.3) is 10.0 Å². The van der Waals surface area contributed by atoms with Crippen LogP contribution >= 0.6 is 11.6 Å². The minimum Gasteiger partial charge on any atom is -0.871 e. The molecule has 1 aliphatic heterocycles. The molecule has 24 heavy (non-hydrogen) atoms. The van der Waals surface area contributed by atoms with E-state index in [9.17, 15) is 13.5 Å². The number of nitrogens with zero attached hydrogens (tertiary/aromatic N) is 2. The van der Waals surface area contributed by atoms with E-state index in [4.69, 9.17) is 22.0 Å². The Kier molecular flexibility index (Phi) is 3.97. The molecule has 9 nitrogen and oxygen atoms in total. The van der Waals surface area contributed by atoms with Gasteiger partial charge < -0.3 is 15.7 Å². The fourth-order valence-electron chi connectivity index (χ4n) is 2.07. The fourth-order valence-corrected chi connectivity index (χ4v) is 3.37. The average Bonchev–Trinajstić information content (AvgIpc) is 2.49. The molecule has 11 heteroatoms. The Morgan fingerprint density at radius 3 is 2.62 bits per heavy atom. The highest BCUT2D eigenvalue weighted by Gasteiger charge is 2.27. The summed E-state index contributed by atoms with van der Waals surface area (Å²) in [5, 5.41) is 35.2. The number of sulfonamides is 1. The minimum atomic E-state index is -4.23. The number of halogens is 1. The largest absolute Gasteiger partial charge is 0.871 e. The zero-order valence-corrected chi connectivity index (χ0v) is 13.3. The summed E-state index contributed by atoms with van der Waals surface area (Å²) in [4.78, 5) is -0.470. The Balaban J connectivity index is 2.04. The van der Waals surface area contributed by atoms with Gasteiger partial charge in [0.15, 0.2) is 0 Å². The van der Waals surface area contributed by atoms with Crippen LogP contribution in [0.25, 0.3) is 0 Å². The molecule has 1 heterocycles. The van der Waals surface area contributed by atoms with Crippen LogP contribution < -0.4 is 21.0 Å². The third kappa shape index (κ3) is 2.95. The maximum Gasteiger partial charge on any atom is 0.287 e. The maximum absolute atomic E-state index is 12.3. The van der Waals surface area contributed by atoms with Gasteiger partial charge in [0.05, 0.1) is 22.1 Å². The smallest absolute Gasteiger partial charge is 0.287 e. The van der Waals surface area contributed by atoms with Crippen molar-refractivity contribution in [2.75, 3.05) is 15.9 Å². The Labute approximate surface area is 141 Å². The summed E-state index contributed by atoms with van der Waals surface area (Å²) in [6.45, 7) is 0. The zero-order valence-electron chi connectivity index (χ0n) is 11.8. The van der Waals surface area contributed by atoms with Crippen LogP contribution in [0.3, 0.4) is 0 Å². The average molecular weight is 370 g/mol. The predicted octanol–water partition coefficient (Wildman–Crippen LogP) is 1.58. The summed E-state index contributed by atoms with van der Waals surface area (Å²) in [5.41, 5.74) is -0.267. The second-order valence-corrected chi connectivity index (χ2v) is 6.73. The van der Waals surface area contributed by atoms with Crippen LogP contribution in [-0.2, 0) is 10.0 Å². The van der Waals surface area contributed by atoms with Crippen LogP contribution in [0.5, 0.6) is 5.75 Å². The molecule has 126 valence electrons. The van der Waals surface area contributed by atoms with Crippen molar-refractivity contribution in [1.29, 1.82) is 0 Å². The Hall–Kier alpha value is -2.53. The van der Waals surface area contributed by atoms with Crippen molar-refractivity contribution in [2.45, 2.75) is 4.90 Å². The molecule has 0 saturated carbocycles. The molecule has 0 radical (unpaired) electrons. The van der Waals surface area contributed by atoms with E-state index in [1.165, 1.54) is 0 Å². The third-order valence-corrected chi connectivity index (χ3v) is 4.77. The fraction of sp³-hybridized carbons (Fsp3) is 0. The van der Waals surface area contributed by atoms with Gasteiger partial charge in [-0.05, 0) is 24.3 Å². The first-order chi connectivity index (χ1) is 11.3. The van der Waals surface area contributed by atoms with Gasteiger partial charge in [-0.1, -0.05) is 29.5 Å². The molecule has 0 unspecified atom stereocenters. The van der Waals surface area contributed by atoms with E-state index < -0.39 is 26.4 Å². The van der Waals surface area contributed by atoms with Crippen LogP contribution in [0.4, 0.5) is 17.1 Å². The van der Waals surface area contributed by atoms with E-state index in [0.717, 1.165) is 12.1 Å². The molecule has 0 saturated heterocycles. The second kappa shape index (κ2) is 5.83. The molecule has 0 amide bonds. The topological polar surface area (TPSA) is 137 Å². The molecule has 2 aromatic rings. The number of hydrogen-bond donors (Lipinski definition) is 4. The Morgan fingerprint density at radius 1 is 1.25 bits per heavy atom. The van der Waals surface area contributed by atoms with E-state index in [1.807, 2.05) is 0 Å². The highest BCUT2D eigenvalue weighted by molar-refractivity contribution is 7.90. The second-order valence-electron chi connectivity index (χ2n) is 4.75. The molecular weight excluding hydrogens is 360 g/mol. The van der Waals surface area contributed by atoms with Crippen molar-refractivity contribution in [1.82, 2.24) is 0 Å². The first-order valence-electron chi connectivity index (χ1n) is 6.44. The number of nitrogens with one attached hydrogen (secondary N) is 2. The minimum absolute atomic E-state index is 0.203. The molecular formula is C13H10ClN4O5S-. The number of anilines is 3. The molecule has 0 spiro atoms. The summed E-state index contributed by atoms with van der Waals surface area (Å²) in [7, 11) is -4.23. The summed E-state index contributed by atoms with van der Waals surface area (Å²) in [5.74, 6) is -0.960. The summed E-state index contributed by atoms with van der Waals surface area (Å²) < 4.78 is 28.0. The van der Waals surface area contributed by atoms with Crippen LogP contribution in [0, 0.1) is 0 Å². The Morgan fingerprint density at radius 2 is 1.96 bits per heavy atom. The predicted molar refractivity (Wildman–Crippen MR) is 85.3 cm³/mol. The van der Waals surface area contributed by atoms with Crippen LogP contribution in [0.15, 0.2) is 45.7 Å². The summed E-state index contributed by atoms with van der Waals surface area (Å²) >= 11 is 5.98. The summed E-state index contributed by atoms with van der Waals surface area (Å²) in [6.07, 6.45) is 0. The molecule has 2 aromatic carbocycles. The monoisotopic (exact) mass is 369 g/mol. The highest BCUT2D eigenvalue weighted by Crippen LogP contribution is 2.37. The van der Waals surface area contributed by atoms with E-state index >= 15 is 0 Å². The lowest BCUT2D eigenvalue weighted by atomic mass is 10.2. The molecule has 0 atom stereocenters. The lowest BCUT2D eigenvalue weighted by molar-refractivity contribution is -0.267. The number of para-hydroxylation sites is 1. The van der Waals surface area contributed by atoms with Gasteiger partial charge in [-0.15, -0.1) is 9.62 Å². The molecule has 3 rings (SSSR count). The van der Waals surface area contributed by atoms with Crippen molar-refractivity contribution < 1.29 is 23.9 Å². The van der Waals surface area contributed by atoms with E-state index in [1.54, 1.807) is 24.3 Å². The first kappa shape index (κ1) is 16.3.